The Morgan fingerprint density at radius 1 is 1.15 bits per heavy atom. The van der Waals surface area contributed by atoms with Gasteiger partial charge in [-0.1, -0.05) is 37.9 Å². The van der Waals surface area contributed by atoms with E-state index >= 15 is 0 Å². The highest BCUT2D eigenvalue weighted by molar-refractivity contribution is 6.30. The summed E-state index contributed by atoms with van der Waals surface area (Å²) in [5, 5.41) is 6.01. The molecule has 0 heterocycles. The quantitative estimate of drug-likeness (QED) is 0.775. The van der Waals surface area contributed by atoms with Gasteiger partial charge in [-0.15, -0.1) is 0 Å². The topological polar surface area (TPSA) is 58.2 Å². The summed E-state index contributed by atoms with van der Waals surface area (Å²) in [6, 6.07) is 9.87. The van der Waals surface area contributed by atoms with Crippen LogP contribution in [-0.2, 0) is 4.79 Å². The lowest BCUT2D eigenvalue weighted by atomic mass is 9.97. The second-order valence-corrected chi connectivity index (χ2v) is 6.73. The first-order valence-electron chi connectivity index (χ1n) is 8.45. The molecule has 4 nitrogen and oxygen atoms in total. The largest absolute Gasteiger partial charge is 0.340 e. The van der Waals surface area contributed by atoms with Gasteiger partial charge in [-0.3, -0.25) is 9.59 Å². The molecule has 6 heteroatoms. The Balaban J connectivity index is 2.18. The Kier molecular flexibility index (Phi) is 6.75. The number of anilines is 1. The SMILES string of the molecule is CCC(C)C(NC(=O)c1ccc(Cl)cc1)C(=O)Nc1cc(F)ccc1C. The standard InChI is InChI=1S/C20H22ClFN2O2/c1-4-12(2)18(24-19(25)14-6-8-15(21)9-7-14)20(26)23-17-11-16(22)10-5-13(17)3/h5-12,18H,4H2,1-3H3,(H,23,26)(H,24,25). The molecule has 0 radical (unpaired) electrons. The van der Waals surface area contributed by atoms with Gasteiger partial charge in [0.05, 0.1) is 0 Å². The zero-order valence-corrected chi connectivity index (χ0v) is 15.7. The molecular formula is C20H22ClFN2O2. The second kappa shape index (κ2) is 8.81. The number of benzene rings is 2. The Hall–Kier alpha value is -2.40. The van der Waals surface area contributed by atoms with Crippen molar-refractivity contribution in [3.05, 3.63) is 64.4 Å². The average Bonchev–Trinajstić information content (AvgIpc) is 2.62. The summed E-state index contributed by atoms with van der Waals surface area (Å²) in [7, 11) is 0. The molecule has 2 aromatic rings. The Labute approximate surface area is 157 Å². The highest BCUT2D eigenvalue weighted by Gasteiger charge is 2.26. The molecule has 0 aliphatic rings. The number of carbonyl (C=O) groups excluding carboxylic acids is 2. The van der Waals surface area contributed by atoms with Gasteiger partial charge in [0.1, 0.15) is 11.9 Å². The van der Waals surface area contributed by atoms with E-state index in [2.05, 4.69) is 10.6 Å². The normalized spacial score (nSPS) is 13.0. The molecule has 2 atom stereocenters. The molecule has 2 aromatic carbocycles. The maximum Gasteiger partial charge on any atom is 0.251 e. The van der Waals surface area contributed by atoms with E-state index in [0.717, 1.165) is 5.56 Å². The van der Waals surface area contributed by atoms with E-state index in [1.807, 2.05) is 13.8 Å². The van der Waals surface area contributed by atoms with Crippen molar-refractivity contribution in [2.75, 3.05) is 5.32 Å². The van der Waals surface area contributed by atoms with E-state index in [-0.39, 0.29) is 17.7 Å². The molecule has 0 saturated carbocycles. The van der Waals surface area contributed by atoms with Crippen LogP contribution in [0, 0.1) is 18.7 Å². The molecule has 2 rings (SSSR count). The van der Waals surface area contributed by atoms with E-state index in [4.69, 9.17) is 11.6 Å². The van der Waals surface area contributed by atoms with Gasteiger partial charge >= 0.3 is 0 Å². The first kappa shape index (κ1) is 19.9. The fourth-order valence-corrected chi connectivity index (χ4v) is 2.59. The molecule has 138 valence electrons. The number of nitrogens with one attached hydrogen (secondary N) is 2. The van der Waals surface area contributed by atoms with Crippen LogP contribution in [0.15, 0.2) is 42.5 Å². The molecule has 0 spiro atoms. The minimum atomic E-state index is -0.745. The van der Waals surface area contributed by atoms with Crippen molar-refractivity contribution in [2.45, 2.75) is 33.2 Å². The first-order valence-corrected chi connectivity index (χ1v) is 8.83. The number of carbonyl (C=O) groups is 2. The van der Waals surface area contributed by atoms with Crippen LogP contribution in [-0.4, -0.2) is 17.9 Å². The molecule has 0 fully saturated rings. The smallest absolute Gasteiger partial charge is 0.251 e. The maximum atomic E-state index is 13.5. The van der Waals surface area contributed by atoms with E-state index < -0.39 is 11.9 Å². The lowest BCUT2D eigenvalue weighted by Crippen LogP contribution is -2.47. The van der Waals surface area contributed by atoms with Gasteiger partial charge in [-0.2, -0.15) is 0 Å². The molecule has 0 aliphatic carbocycles. The minimum Gasteiger partial charge on any atom is -0.340 e. The number of rotatable bonds is 6. The maximum absolute atomic E-state index is 13.5. The summed E-state index contributed by atoms with van der Waals surface area (Å²) >= 11 is 5.84. The Morgan fingerprint density at radius 3 is 2.42 bits per heavy atom. The molecule has 2 amide bonds. The van der Waals surface area contributed by atoms with Gasteiger partial charge in [0.25, 0.3) is 5.91 Å². The first-order chi connectivity index (χ1) is 12.3. The predicted octanol–water partition coefficient (Wildman–Crippen LogP) is 4.57. The number of amides is 2. The summed E-state index contributed by atoms with van der Waals surface area (Å²) in [5.74, 6) is -1.27. The second-order valence-electron chi connectivity index (χ2n) is 6.29. The van der Waals surface area contributed by atoms with Gasteiger partial charge in [0, 0.05) is 16.3 Å². The van der Waals surface area contributed by atoms with Crippen molar-refractivity contribution in [3.63, 3.8) is 0 Å². The third kappa shape index (κ3) is 5.05. The number of hydrogen-bond acceptors (Lipinski definition) is 2. The number of hydrogen-bond donors (Lipinski definition) is 2. The van der Waals surface area contributed by atoms with Gasteiger partial charge in [0.15, 0.2) is 0 Å². The number of aryl methyl sites for hydroxylation is 1. The van der Waals surface area contributed by atoms with Crippen LogP contribution in [0.25, 0.3) is 0 Å². The van der Waals surface area contributed by atoms with Crippen LogP contribution >= 0.6 is 11.6 Å². The van der Waals surface area contributed by atoms with Crippen molar-refractivity contribution in [1.29, 1.82) is 0 Å². The van der Waals surface area contributed by atoms with Crippen molar-refractivity contribution in [2.24, 2.45) is 5.92 Å². The van der Waals surface area contributed by atoms with Gasteiger partial charge < -0.3 is 10.6 Å². The summed E-state index contributed by atoms with van der Waals surface area (Å²) in [5.41, 5.74) is 1.55. The molecule has 0 saturated heterocycles. The zero-order valence-electron chi connectivity index (χ0n) is 15.0. The molecule has 2 N–H and O–H groups in total. The van der Waals surface area contributed by atoms with Gasteiger partial charge in [0.2, 0.25) is 5.91 Å². The lowest BCUT2D eigenvalue weighted by Gasteiger charge is -2.24. The van der Waals surface area contributed by atoms with Crippen molar-refractivity contribution >= 4 is 29.1 Å². The van der Waals surface area contributed by atoms with E-state index in [9.17, 15) is 14.0 Å². The van der Waals surface area contributed by atoms with Crippen LogP contribution < -0.4 is 10.6 Å². The van der Waals surface area contributed by atoms with Crippen molar-refractivity contribution in [1.82, 2.24) is 5.32 Å². The minimum absolute atomic E-state index is 0.0971. The van der Waals surface area contributed by atoms with Crippen LogP contribution in [0.1, 0.15) is 36.2 Å². The highest BCUT2D eigenvalue weighted by Crippen LogP contribution is 2.18. The Bertz CT molecular complexity index is 793. The molecule has 0 aromatic heterocycles. The lowest BCUT2D eigenvalue weighted by molar-refractivity contribution is -0.119. The summed E-state index contributed by atoms with van der Waals surface area (Å²) in [4.78, 5) is 25.2. The van der Waals surface area contributed by atoms with Crippen LogP contribution in [0.5, 0.6) is 0 Å². The van der Waals surface area contributed by atoms with E-state index in [1.165, 1.54) is 12.1 Å². The number of halogens is 2. The molecule has 26 heavy (non-hydrogen) atoms. The fourth-order valence-electron chi connectivity index (χ4n) is 2.47. The van der Waals surface area contributed by atoms with Crippen LogP contribution in [0.4, 0.5) is 10.1 Å². The molecule has 0 aliphatic heterocycles. The predicted molar refractivity (Wildman–Crippen MR) is 102 cm³/mol. The third-order valence-electron chi connectivity index (χ3n) is 4.35. The van der Waals surface area contributed by atoms with Crippen LogP contribution in [0.3, 0.4) is 0 Å². The van der Waals surface area contributed by atoms with Crippen LogP contribution in [0.2, 0.25) is 5.02 Å². The zero-order chi connectivity index (χ0) is 19.3. The van der Waals surface area contributed by atoms with Gasteiger partial charge in [-0.05, 0) is 54.8 Å². The fraction of sp³-hybridized carbons (Fsp3) is 0.300. The average molecular weight is 377 g/mol. The molecular weight excluding hydrogens is 355 g/mol. The molecule has 2 unspecified atom stereocenters. The van der Waals surface area contributed by atoms with E-state index in [1.54, 1.807) is 37.3 Å². The molecule has 0 bridgehead atoms. The van der Waals surface area contributed by atoms with Gasteiger partial charge in [-0.25, -0.2) is 4.39 Å². The monoisotopic (exact) mass is 376 g/mol. The third-order valence-corrected chi connectivity index (χ3v) is 4.60. The summed E-state index contributed by atoms with van der Waals surface area (Å²) in [6.45, 7) is 5.59. The Morgan fingerprint density at radius 2 is 1.81 bits per heavy atom. The highest BCUT2D eigenvalue weighted by atomic mass is 35.5. The van der Waals surface area contributed by atoms with E-state index in [0.29, 0.717) is 22.7 Å². The van der Waals surface area contributed by atoms with Crippen molar-refractivity contribution < 1.29 is 14.0 Å². The van der Waals surface area contributed by atoms with Crippen molar-refractivity contribution in [3.8, 4) is 0 Å². The summed E-state index contributed by atoms with van der Waals surface area (Å²) in [6.07, 6.45) is 0.696. The summed E-state index contributed by atoms with van der Waals surface area (Å²) < 4.78 is 13.5.